The van der Waals surface area contributed by atoms with E-state index in [2.05, 4.69) is 9.97 Å². The highest BCUT2D eigenvalue weighted by atomic mass is 16.6. The number of hydrogen-bond acceptors (Lipinski definition) is 6. The molecule has 0 aromatic carbocycles. The molecule has 102 valence electrons. The van der Waals surface area contributed by atoms with Gasteiger partial charge in [0.2, 0.25) is 5.95 Å². The molecule has 1 atom stereocenters. The summed E-state index contributed by atoms with van der Waals surface area (Å²) in [6.07, 6.45) is 2.55. The van der Waals surface area contributed by atoms with Crippen LogP contribution in [0.15, 0.2) is 6.20 Å². The smallest absolute Gasteiger partial charge is 0.308 e. The topological polar surface area (TPSA) is 109 Å². The van der Waals surface area contributed by atoms with Crippen molar-refractivity contribution in [2.24, 2.45) is 5.92 Å². The number of aryl methyl sites for hydroxylation is 1. The molecule has 2 rings (SSSR count). The van der Waals surface area contributed by atoms with Gasteiger partial charge in [-0.1, -0.05) is 0 Å². The Balaban J connectivity index is 2.20. The quantitative estimate of drug-likeness (QED) is 0.641. The summed E-state index contributed by atoms with van der Waals surface area (Å²) in [6, 6.07) is 0. The summed E-state index contributed by atoms with van der Waals surface area (Å²) in [6.45, 7) is 2.55. The van der Waals surface area contributed by atoms with E-state index in [0.29, 0.717) is 25.5 Å². The molecule has 0 spiro atoms. The number of aromatic nitrogens is 2. The van der Waals surface area contributed by atoms with Gasteiger partial charge in [0.05, 0.1) is 10.8 Å². The van der Waals surface area contributed by atoms with E-state index in [1.54, 1.807) is 11.8 Å². The van der Waals surface area contributed by atoms with Crippen molar-refractivity contribution in [2.75, 3.05) is 18.0 Å². The van der Waals surface area contributed by atoms with E-state index in [0.717, 1.165) is 6.42 Å². The fraction of sp³-hybridized carbons (Fsp3) is 0.545. The highest BCUT2D eigenvalue weighted by Gasteiger charge is 2.27. The molecule has 19 heavy (non-hydrogen) atoms. The van der Waals surface area contributed by atoms with Gasteiger partial charge in [0.15, 0.2) is 0 Å². The van der Waals surface area contributed by atoms with Crippen molar-refractivity contribution in [1.29, 1.82) is 0 Å². The van der Waals surface area contributed by atoms with Crippen LogP contribution in [-0.2, 0) is 4.79 Å². The lowest BCUT2D eigenvalue weighted by Gasteiger charge is -2.30. The van der Waals surface area contributed by atoms with E-state index in [1.807, 2.05) is 0 Å². The summed E-state index contributed by atoms with van der Waals surface area (Å²) in [5.41, 5.74) is 0.156. The van der Waals surface area contributed by atoms with Gasteiger partial charge >= 0.3 is 11.7 Å². The van der Waals surface area contributed by atoms with Crippen LogP contribution in [0.3, 0.4) is 0 Å². The van der Waals surface area contributed by atoms with Crippen molar-refractivity contribution >= 4 is 17.6 Å². The third-order valence-electron chi connectivity index (χ3n) is 3.19. The number of hydrogen-bond donors (Lipinski definition) is 1. The van der Waals surface area contributed by atoms with Crippen LogP contribution >= 0.6 is 0 Å². The Morgan fingerprint density at radius 2 is 2.37 bits per heavy atom. The van der Waals surface area contributed by atoms with Gasteiger partial charge in [-0.15, -0.1) is 0 Å². The molecule has 2 heterocycles. The van der Waals surface area contributed by atoms with Gasteiger partial charge in [-0.2, -0.15) is 0 Å². The van der Waals surface area contributed by atoms with Crippen LogP contribution < -0.4 is 4.90 Å². The lowest BCUT2D eigenvalue weighted by molar-refractivity contribution is -0.386. The summed E-state index contributed by atoms with van der Waals surface area (Å²) in [7, 11) is 0. The number of carbonyl (C=O) groups is 1. The van der Waals surface area contributed by atoms with Crippen LogP contribution in [-0.4, -0.2) is 39.1 Å². The van der Waals surface area contributed by atoms with E-state index in [-0.39, 0.29) is 11.4 Å². The molecular formula is C11H14N4O4. The molecule has 1 unspecified atom stereocenters. The lowest BCUT2D eigenvalue weighted by atomic mass is 9.99. The average molecular weight is 266 g/mol. The minimum atomic E-state index is -0.830. The van der Waals surface area contributed by atoms with Crippen molar-refractivity contribution in [3.05, 3.63) is 22.0 Å². The number of piperidine rings is 1. The molecule has 0 aliphatic carbocycles. The molecule has 1 aliphatic heterocycles. The molecule has 1 saturated heterocycles. The largest absolute Gasteiger partial charge is 0.481 e. The van der Waals surface area contributed by atoms with Gasteiger partial charge in [0.1, 0.15) is 11.9 Å². The number of nitro groups is 1. The monoisotopic (exact) mass is 266 g/mol. The van der Waals surface area contributed by atoms with Crippen molar-refractivity contribution in [3.8, 4) is 0 Å². The van der Waals surface area contributed by atoms with Crippen LogP contribution in [0.25, 0.3) is 0 Å². The summed E-state index contributed by atoms with van der Waals surface area (Å²) in [5.74, 6) is -0.912. The summed E-state index contributed by atoms with van der Waals surface area (Å²) < 4.78 is 0. The molecule has 0 radical (unpaired) electrons. The highest BCUT2D eigenvalue weighted by molar-refractivity contribution is 5.71. The molecule has 0 bridgehead atoms. The Morgan fingerprint density at radius 3 is 2.95 bits per heavy atom. The number of nitrogens with zero attached hydrogens (tertiary/aromatic N) is 4. The average Bonchev–Trinajstić information content (AvgIpc) is 2.38. The van der Waals surface area contributed by atoms with Crippen molar-refractivity contribution in [3.63, 3.8) is 0 Å². The van der Waals surface area contributed by atoms with E-state index in [9.17, 15) is 14.9 Å². The number of carboxylic acid groups (broad SMARTS) is 1. The number of anilines is 1. The Kier molecular flexibility index (Phi) is 3.59. The first-order chi connectivity index (χ1) is 8.99. The molecule has 1 aliphatic rings. The van der Waals surface area contributed by atoms with Gasteiger partial charge < -0.3 is 10.0 Å². The van der Waals surface area contributed by atoms with Gasteiger partial charge in [0.25, 0.3) is 0 Å². The standard InChI is InChI=1S/C11H14N4O4/c1-7-9(15(18)19)5-12-11(13-7)14-4-2-3-8(6-14)10(16)17/h5,8H,2-4,6H2,1H3,(H,16,17). The molecule has 8 heteroatoms. The molecule has 1 N–H and O–H groups in total. The zero-order chi connectivity index (χ0) is 14.0. The predicted octanol–water partition coefficient (Wildman–Crippen LogP) is 0.994. The summed E-state index contributed by atoms with van der Waals surface area (Å²) in [5, 5.41) is 19.7. The fourth-order valence-corrected chi connectivity index (χ4v) is 2.14. The first-order valence-electron chi connectivity index (χ1n) is 5.95. The maximum absolute atomic E-state index is 11.0. The Bertz CT molecular complexity index is 519. The lowest BCUT2D eigenvalue weighted by Crippen LogP contribution is -2.39. The molecule has 0 amide bonds. The minimum absolute atomic E-state index is 0.129. The maximum Gasteiger partial charge on any atom is 0.308 e. The minimum Gasteiger partial charge on any atom is -0.481 e. The van der Waals surface area contributed by atoms with Crippen molar-refractivity contribution in [1.82, 2.24) is 9.97 Å². The summed E-state index contributed by atoms with van der Waals surface area (Å²) >= 11 is 0. The number of aliphatic carboxylic acids is 1. The Labute approximate surface area is 109 Å². The maximum atomic E-state index is 11.0. The highest BCUT2D eigenvalue weighted by Crippen LogP contribution is 2.22. The van der Waals surface area contributed by atoms with E-state index in [4.69, 9.17) is 5.11 Å². The van der Waals surface area contributed by atoms with Crippen LogP contribution in [0.1, 0.15) is 18.5 Å². The van der Waals surface area contributed by atoms with Crippen LogP contribution in [0.4, 0.5) is 11.6 Å². The SMILES string of the molecule is Cc1nc(N2CCCC(C(=O)O)C2)ncc1[N+](=O)[O-]. The first-order valence-corrected chi connectivity index (χ1v) is 5.95. The Hall–Kier alpha value is -2.25. The number of rotatable bonds is 3. The van der Waals surface area contributed by atoms with Gasteiger partial charge in [0, 0.05) is 13.1 Å². The predicted molar refractivity (Wildman–Crippen MR) is 66.0 cm³/mol. The normalized spacial score (nSPS) is 19.2. The zero-order valence-corrected chi connectivity index (χ0v) is 10.4. The molecular weight excluding hydrogens is 252 g/mol. The molecule has 0 saturated carbocycles. The van der Waals surface area contributed by atoms with Gasteiger partial charge in [-0.05, 0) is 19.8 Å². The second-order valence-corrected chi connectivity index (χ2v) is 4.52. The second-order valence-electron chi connectivity index (χ2n) is 4.52. The molecule has 8 nitrogen and oxygen atoms in total. The van der Waals surface area contributed by atoms with Crippen molar-refractivity contribution in [2.45, 2.75) is 19.8 Å². The third kappa shape index (κ3) is 2.78. The van der Waals surface area contributed by atoms with Crippen LogP contribution in [0, 0.1) is 23.0 Å². The van der Waals surface area contributed by atoms with Gasteiger partial charge in [-0.3, -0.25) is 14.9 Å². The second kappa shape index (κ2) is 5.17. The molecule has 1 fully saturated rings. The fourth-order valence-electron chi connectivity index (χ4n) is 2.14. The first kappa shape index (κ1) is 13.2. The third-order valence-corrected chi connectivity index (χ3v) is 3.19. The Morgan fingerprint density at radius 1 is 1.63 bits per heavy atom. The molecule has 1 aromatic rings. The van der Waals surface area contributed by atoms with Gasteiger partial charge in [-0.25, -0.2) is 9.97 Å². The summed E-state index contributed by atoms with van der Waals surface area (Å²) in [4.78, 5) is 31.0. The van der Waals surface area contributed by atoms with Crippen molar-refractivity contribution < 1.29 is 14.8 Å². The van der Waals surface area contributed by atoms with Crippen LogP contribution in [0.2, 0.25) is 0 Å². The zero-order valence-electron chi connectivity index (χ0n) is 10.4. The van der Waals surface area contributed by atoms with E-state index < -0.39 is 16.8 Å². The van der Waals surface area contributed by atoms with Crippen LogP contribution in [0.5, 0.6) is 0 Å². The van der Waals surface area contributed by atoms with E-state index in [1.165, 1.54) is 6.20 Å². The molecule has 1 aromatic heterocycles. The van der Waals surface area contributed by atoms with E-state index >= 15 is 0 Å². The number of carboxylic acids is 1.